The topological polar surface area (TPSA) is 78.5 Å². The monoisotopic (exact) mass is 383 g/mol. The summed E-state index contributed by atoms with van der Waals surface area (Å²) >= 11 is 1.03. The zero-order valence-corrected chi connectivity index (χ0v) is 15.6. The zero-order chi connectivity index (χ0) is 18.6. The Balaban J connectivity index is 1.36. The molecule has 2 aromatic heterocycles. The van der Waals surface area contributed by atoms with E-state index in [0.717, 1.165) is 47.9 Å². The van der Waals surface area contributed by atoms with Crippen LogP contribution in [0.4, 0.5) is 5.82 Å². The third-order valence-electron chi connectivity index (χ3n) is 4.75. The SMILES string of the molecule is O=c1[nH]c(O)c(Cc2ccc(OC[C@H]3CCCN3c3ccccn3)cc2)s1. The minimum atomic E-state index is -0.239. The minimum absolute atomic E-state index is 0.0406. The highest BCUT2D eigenvalue weighted by molar-refractivity contribution is 7.09. The molecule has 7 heteroatoms. The molecule has 140 valence electrons. The number of aromatic amines is 1. The molecule has 0 radical (unpaired) electrons. The molecule has 6 nitrogen and oxygen atoms in total. The van der Waals surface area contributed by atoms with Gasteiger partial charge in [-0.2, -0.15) is 0 Å². The van der Waals surface area contributed by atoms with Crippen molar-refractivity contribution in [2.75, 3.05) is 18.1 Å². The van der Waals surface area contributed by atoms with Crippen LogP contribution < -0.4 is 14.5 Å². The molecule has 1 fully saturated rings. The van der Waals surface area contributed by atoms with Crippen molar-refractivity contribution >= 4 is 17.2 Å². The van der Waals surface area contributed by atoms with E-state index in [1.807, 2.05) is 48.7 Å². The summed E-state index contributed by atoms with van der Waals surface area (Å²) in [6, 6.07) is 14.1. The second kappa shape index (κ2) is 7.84. The van der Waals surface area contributed by atoms with Crippen LogP contribution in [0.3, 0.4) is 0 Å². The number of pyridine rings is 1. The Morgan fingerprint density at radius 3 is 2.81 bits per heavy atom. The van der Waals surface area contributed by atoms with E-state index in [1.165, 1.54) is 0 Å². The Kier molecular flexibility index (Phi) is 5.11. The summed E-state index contributed by atoms with van der Waals surface area (Å²) in [7, 11) is 0. The summed E-state index contributed by atoms with van der Waals surface area (Å²) in [5.74, 6) is 1.78. The average Bonchev–Trinajstić information content (AvgIpc) is 3.28. The van der Waals surface area contributed by atoms with Gasteiger partial charge in [0, 0.05) is 19.2 Å². The van der Waals surface area contributed by atoms with Crippen molar-refractivity contribution in [3.05, 3.63) is 68.8 Å². The highest BCUT2D eigenvalue weighted by Crippen LogP contribution is 2.25. The zero-order valence-electron chi connectivity index (χ0n) is 14.8. The number of aromatic nitrogens is 2. The van der Waals surface area contributed by atoms with Crippen LogP contribution in [0.1, 0.15) is 23.3 Å². The van der Waals surface area contributed by atoms with Gasteiger partial charge in [-0.25, -0.2) is 4.98 Å². The molecule has 2 N–H and O–H groups in total. The van der Waals surface area contributed by atoms with Gasteiger partial charge in [0.1, 0.15) is 18.2 Å². The first-order valence-electron chi connectivity index (χ1n) is 8.99. The van der Waals surface area contributed by atoms with E-state index in [0.29, 0.717) is 23.9 Å². The molecule has 0 spiro atoms. The number of nitrogens with one attached hydrogen (secondary N) is 1. The van der Waals surface area contributed by atoms with Crippen molar-refractivity contribution in [1.82, 2.24) is 9.97 Å². The van der Waals surface area contributed by atoms with E-state index in [2.05, 4.69) is 14.9 Å². The number of hydrogen-bond donors (Lipinski definition) is 2. The summed E-state index contributed by atoms with van der Waals surface area (Å²) in [5.41, 5.74) is 1.02. The van der Waals surface area contributed by atoms with Crippen molar-refractivity contribution in [3.8, 4) is 11.6 Å². The first kappa shape index (κ1) is 17.6. The lowest BCUT2D eigenvalue weighted by atomic mass is 10.1. The van der Waals surface area contributed by atoms with Gasteiger partial charge in [-0.3, -0.25) is 9.78 Å². The highest BCUT2D eigenvalue weighted by Gasteiger charge is 2.26. The van der Waals surface area contributed by atoms with Crippen LogP contribution >= 0.6 is 11.3 Å². The molecule has 27 heavy (non-hydrogen) atoms. The molecular weight excluding hydrogens is 362 g/mol. The fourth-order valence-corrected chi connectivity index (χ4v) is 4.15. The Morgan fingerprint density at radius 1 is 1.26 bits per heavy atom. The Bertz CT molecular complexity index is 937. The fourth-order valence-electron chi connectivity index (χ4n) is 3.39. The number of benzene rings is 1. The van der Waals surface area contributed by atoms with E-state index < -0.39 is 0 Å². The second-order valence-corrected chi connectivity index (χ2v) is 7.66. The lowest BCUT2D eigenvalue weighted by Gasteiger charge is -2.25. The molecule has 0 aliphatic carbocycles. The van der Waals surface area contributed by atoms with E-state index >= 15 is 0 Å². The van der Waals surface area contributed by atoms with E-state index in [9.17, 15) is 9.90 Å². The molecule has 1 saturated heterocycles. The van der Waals surface area contributed by atoms with Crippen molar-refractivity contribution in [2.24, 2.45) is 0 Å². The lowest BCUT2D eigenvalue weighted by molar-refractivity contribution is 0.288. The summed E-state index contributed by atoms with van der Waals surface area (Å²) in [5, 5.41) is 9.69. The Labute approximate surface area is 161 Å². The normalized spacial score (nSPS) is 16.6. The van der Waals surface area contributed by atoms with Gasteiger partial charge in [0.05, 0.1) is 10.9 Å². The van der Waals surface area contributed by atoms with Crippen molar-refractivity contribution in [3.63, 3.8) is 0 Å². The molecule has 0 unspecified atom stereocenters. The maximum atomic E-state index is 11.3. The van der Waals surface area contributed by atoms with Gasteiger partial charge < -0.3 is 14.7 Å². The number of rotatable bonds is 6. The Hall–Kier alpha value is -2.80. The summed E-state index contributed by atoms with van der Waals surface area (Å²) < 4.78 is 6.00. The van der Waals surface area contributed by atoms with E-state index in [-0.39, 0.29) is 10.8 Å². The van der Waals surface area contributed by atoms with Gasteiger partial charge in [-0.1, -0.05) is 29.5 Å². The van der Waals surface area contributed by atoms with Crippen LogP contribution in [0.5, 0.6) is 11.6 Å². The number of anilines is 1. The number of thiazole rings is 1. The molecule has 0 bridgehead atoms. The van der Waals surface area contributed by atoms with E-state index in [1.54, 1.807) is 0 Å². The van der Waals surface area contributed by atoms with Gasteiger partial charge in [0.15, 0.2) is 0 Å². The first-order chi connectivity index (χ1) is 13.2. The van der Waals surface area contributed by atoms with Crippen LogP contribution in [0.15, 0.2) is 53.5 Å². The van der Waals surface area contributed by atoms with Crippen LogP contribution in [-0.4, -0.2) is 34.3 Å². The van der Waals surface area contributed by atoms with Gasteiger partial charge in [-0.15, -0.1) is 0 Å². The molecule has 4 rings (SSSR count). The molecule has 1 aromatic carbocycles. The number of nitrogens with zero attached hydrogens (tertiary/aromatic N) is 2. The lowest BCUT2D eigenvalue weighted by Crippen LogP contribution is -2.34. The average molecular weight is 383 g/mol. The maximum Gasteiger partial charge on any atom is 0.307 e. The van der Waals surface area contributed by atoms with Gasteiger partial charge in [0.25, 0.3) is 0 Å². The second-order valence-electron chi connectivity index (χ2n) is 6.60. The third-order valence-corrected chi connectivity index (χ3v) is 5.62. The quantitative estimate of drug-likeness (QED) is 0.684. The minimum Gasteiger partial charge on any atom is -0.494 e. The van der Waals surface area contributed by atoms with Crippen LogP contribution in [-0.2, 0) is 6.42 Å². The van der Waals surface area contributed by atoms with Crippen LogP contribution in [0, 0.1) is 0 Å². The number of ether oxygens (including phenoxy) is 1. The Morgan fingerprint density at radius 2 is 2.11 bits per heavy atom. The number of aromatic hydroxyl groups is 1. The van der Waals surface area contributed by atoms with Gasteiger partial charge >= 0.3 is 4.87 Å². The smallest absolute Gasteiger partial charge is 0.307 e. The van der Waals surface area contributed by atoms with Crippen molar-refractivity contribution in [1.29, 1.82) is 0 Å². The van der Waals surface area contributed by atoms with E-state index in [4.69, 9.17) is 4.74 Å². The molecule has 1 aliphatic heterocycles. The van der Waals surface area contributed by atoms with Gasteiger partial charge in [-0.05, 0) is 42.7 Å². The largest absolute Gasteiger partial charge is 0.494 e. The molecule has 3 heterocycles. The summed E-state index contributed by atoms with van der Waals surface area (Å²) in [6.07, 6.45) is 4.59. The number of H-pyrrole nitrogens is 1. The highest BCUT2D eigenvalue weighted by atomic mass is 32.1. The number of hydrogen-bond acceptors (Lipinski definition) is 6. The predicted molar refractivity (Wildman–Crippen MR) is 106 cm³/mol. The molecule has 0 saturated carbocycles. The van der Waals surface area contributed by atoms with Crippen LogP contribution in [0.2, 0.25) is 0 Å². The fraction of sp³-hybridized carbons (Fsp3) is 0.300. The van der Waals surface area contributed by atoms with Crippen molar-refractivity contribution < 1.29 is 9.84 Å². The predicted octanol–water partition coefficient (Wildman–Crippen LogP) is 3.18. The summed E-state index contributed by atoms with van der Waals surface area (Å²) in [6.45, 7) is 1.63. The standard InChI is InChI=1S/C20H21N3O3S/c24-19-17(27-20(25)22-19)12-14-6-8-16(9-7-14)26-13-15-4-3-11-23(15)18-5-1-2-10-21-18/h1-2,5-10,15,24H,3-4,11-13H2,(H,22,25)/t15-/m1/s1. The van der Waals surface area contributed by atoms with Crippen molar-refractivity contribution in [2.45, 2.75) is 25.3 Å². The van der Waals surface area contributed by atoms with Gasteiger partial charge in [0.2, 0.25) is 5.88 Å². The molecule has 3 aromatic rings. The molecule has 1 atom stereocenters. The molecule has 1 aliphatic rings. The summed E-state index contributed by atoms with van der Waals surface area (Å²) in [4.78, 5) is 20.8. The third kappa shape index (κ3) is 4.14. The first-order valence-corrected chi connectivity index (χ1v) is 9.81. The maximum absolute atomic E-state index is 11.3. The molecular formula is C20H21N3O3S. The molecule has 0 amide bonds. The van der Waals surface area contributed by atoms with Crippen LogP contribution in [0.25, 0.3) is 0 Å².